The molecule has 0 aliphatic rings. The van der Waals surface area contributed by atoms with Crippen molar-refractivity contribution in [2.75, 3.05) is 5.73 Å². The molecule has 1 aromatic heterocycles. The molecule has 2 rings (SSSR count). The Hall–Kier alpha value is -1.17. The number of rotatable bonds is 1. The second-order valence-electron chi connectivity index (χ2n) is 3.87. The molecule has 0 aliphatic carbocycles. The van der Waals surface area contributed by atoms with Crippen molar-refractivity contribution in [1.82, 2.24) is 4.98 Å². The van der Waals surface area contributed by atoms with Crippen LogP contribution in [-0.2, 0) is 6.18 Å². The van der Waals surface area contributed by atoms with E-state index in [2.05, 4.69) is 4.98 Å². The molecular weight excluding hydrogens is 335 g/mol. The fourth-order valence-electron chi connectivity index (χ4n) is 1.73. The number of benzene rings is 1. The van der Waals surface area contributed by atoms with Crippen molar-refractivity contribution in [2.45, 2.75) is 6.18 Å². The molecule has 0 spiro atoms. The van der Waals surface area contributed by atoms with E-state index in [1.807, 2.05) is 0 Å². The standard InChI is InChI=1S/C12H6Cl3F3N2/c13-7-3-5(4-8(14)10(7)15)6-1-2-20-11(19)9(6)12(16,17)18/h1-4H,(H2,19,20). The first-order chi connectivity index (χ1) is 9.21. The van der Waals surface area contributed by atoms with Gasteiger partial charge < -0.3 is 5.73 Å². The van der Waals surface area contributed by atoms with Gasteiger partial charge in [-0.1, -0.05) is 34.8 Å². The molecule has 0 aliphatic heterocycles. The van der Waals surface area contributed by atoms with Crippen molar-refractivity contribution in [1.29, 1.82) is 0 Å². The van der Waals surface area contributed by atoms with Crippen LogP contribution < -0.4 is 5.73 Å². The van der Waals surface area contributed by atoms with Crippen molar-refractivity contribution in [3.8, 4) is 11.1 Å². The van der Waals surface area contributed by atoms with Gasteiger partial charge in [0.1, 0.15) is 11.4 Å². The van der Waals surface area contributed by atoms with Crippen LogP contribution in [0.25, 0.3) is 11.1 Å². The summed E-state index contributed by atoms with van der Waals surface area (Å²) in [5, 5.41) is 0.183. The molecule has 8 heteroatoms. The summed E-state index contributed by atoms with van der Waals surface area (Å²) < 4.78 is 39.2. The third kappa shape index (κ3) is 2.80. The Kier molecular flexibility index (Phi) is 4.04. The number of aromatic nitrogens is 1. The van der Waals surface area contributed by atoms with E-state index in [4.69, 9.17) is 40.5 Å². The summed E-state index contributed by atoms with van der Waals surface area (Å²) in [6.07, 6.45) is -3.47. The number of hydrogen-bond acceptors (Lipinski definition) is 2. The first-order valence-corrected chi connectivity index (χ1v) is 6.31. The van der Waals surface area contributed by atoms with Gasteiger partial charge in [-0.05, 0) is 29.3 Å². The summed E-state index contributed by atoms with van der Waals surface area (Å²) in [4.78, 5) is 3.46. The number of halogens is 6. The monoisotopic (exact) mass is 340 g/mol. The first-order valence-electron chi connectivity index (χ1n) is 5.18. The molecule has 2 nitrogen and oxygen atoms in total. The molecule has 0 radical (unpaired) electrons. The number of anilines is 1. The highest BCUT2D eigenvalue weighted by Crippen LogP contribution is 2.42. The molecule has 0 fully saturated rings. The second kappa shape index (κ2) is 5.31. The summed E-state index contributed by atoms with van der Waals surface area (Å²) in [7, 11) is 0. The predicted octanol–water partition coefficient (Wildman–Crippen LogP) is 5.31. The quantitative estimate of drug-likeness (QED) is 0.714. The summed E-state index contributed by atoms with van der Waals surface area (Å²) in [6, 6.07) is 3.77. The molecule has 0 unspecified atom stereocenters. The molecule has 20 heavy (non-hydrogen) atoms. The Morgan fingerprint density at radius 2 is 1.60 bits per heavy atom. The Balaban J connectivity index is 2.74. The van der Waals surface area contributed by atoms with Crippen LogP contribution in [0.3, 0.4) is 0 Å². The Labute approximate surface area is 127 Å². The normalized spacial score (nSPS) is 11.7. The lowest BCUT2D eigenvalue weighted by Gasteiger charge is -2.15. The van der Waals surface area contributed by atoms with Gasteiger partial charge in [0.2, 0.25) is 0 Å². The Morgan fingerprint density at radius 3 is 2.10 bits per heavy atom. The number of nitrogens with zero attached hydrogens (tertiary/aromatic N) is 1. The molecule has 2 N–H and O–H groups in total. The van der Waals surface area contributed by atoms with Crippen LogP contribution in [0.5, 0.6) is 0 Å². The number of alkyl halides is 3. The van der Waals surface area contributed by atoms with E-state index in [0.29, 0.717) is 0 Å². The van der Waals surface area contributed by atoms with Crippen LogP contribution in [0, 0.1) is 0 Å². The minimum absolute atomic E-state index is 0.0534. The lowest BCUT2D eigenvalue weighted by Crippen LogP contribution is -2.12. The molecule has 0 bridgehead atoms. The Morgan fingerprint density at radius 1 is 1.05 bits per heavy atom. The first kappa shape index (κ1) is 15.2. The third-order valence-corrected chi connectivity index (χ3v) is 3.76. The minimum Gasteiger partial charge on any atom is -0.383 e. The van der Waals surface area contributed by atoms with Crippen molar-refractivity contribution in [3.63, 3.8) is 0 Å². The maximum atomic E-state index is 13.1. The molecule has 1 heterocycles. The van der Waals surface area contributed by atoms with Crippen LogP contribution in [0.2, 0.25) is 15.1 Å². The van der Waals surface area contributed by atoms with Gasteiger partial charge in [-0.3, -0.25) is 0 Å². The van der Waals surface area contributed by atoms with Gasteiger partial charge in [0.25, 0.3) is 0 Å². The predicted molar refractivity (Wildman–Crippen MR) is 74.1 cm³/mol. The average molecular weight is 342 g/mol. The van der Waals surface area contributed by atoms with E-state index in [9.17, 15) is 13.2 Å². The highest BCUT2D eigenvalue weighted by Gasteiger charge is 2.37. The summed E-state index contributed by atoms with van der Waals surface area (Å²) >= 11 is 17.4. The third-order valence-electron chi connectivity index (χ3n) is 2.56. The van der Waals surface area contributed by atoms with Crippen LogP contribution in [0.4, 0.5) is 19.0 Å². The van der Waals surface area contributed by atoms with Gasteiger partial charge in [-0.15, -0.1) is 0 Å². The molecule has 1 aromatic carbocycles. The van der Waals surface area contributed by atoms with Gasteiger partial charge in [0, 0.05) is 6.20 Å². The zero-order valence-corrected chi connectivity index (χ0v) is 11.9. The van der Waals surface area contributed by atoms with E-state index in [1.54, 1.807) is 0 Å². The van der Waals surface area contributed by atoms with Crippen LogP contribution in [0.15, 0.2) is 24.4 Å². The number of hydrogen-bond donors (Lipinski definition) is 1. The van der Waals surface area contributed by atoms with Gasteiger partial charge in [0.15, 0.2) is 0 Å². The van der Waals surface area contributed by atoms with Crippen molar-refractivity contribution in [2.24, 2.45) is 0 Å². The lowest BCUT2D eigenvalue weighted by atomic mass is 10.0. The van der Waals surface area contributed by atoms with Crippen LogP contribution in [-0.4, -0.2) is 4.98 Å². The Bertz CT molecular complexity index is 648. The summed E-state index contributed by atoms with van der Waals surface area (Å²) in [5.74, 6) is -0.614. The molecule has 0 saturated heterocycles. The van der Waals surface area contributed by atoms with Gasteiger partial charge in [-0.2, -0.15) is 13.2 Å². The molecule has 0 saturated carbocycles. The van der Waals surface area contributed by atoms with E-state index < -0.39 is 17.6 Å². The smallest absolute Gasteiger partial charge is 0.383 e. The SMILES string of the molecule is Nc1nccc(-c2cc(Cl)c(Cl)c(Cl)c2)c1C(F)(F)F. The summed E-state index contributed by atoms with van der Waals surface area (Å²) in [5.41, 5.74) is 4.29. The molecule has 0 amide bonds. The minimum atomic E-state index is -4.65. The van der Waals surface area contributed by atoms with Gasteiger partial charge in [-0.25, -0.2) is 4.98 Å². The van der Waals surface area contributed by atoms with Crippen LogP contribution in [0.1, 0.15) is 5.56 Å². The fraction of sp³-hybridized carbons (Fsp3) is 0.0833. The highest BCUT2D eigenvalue weighted by atomic mass is 35.5. The van der Waals surface area contributed by atoms with E-state index >= 15 is 0 Å². The van der Waals surface area contributed by atoms with E-state index in [1.165, 1.54) is 24.4 Å². The molecule has 106 valence electrons. The summed E-state index contributed by atoms with van der Waals surface area (Å²) in [6.45, 7) is 0. The number of nitrogen functional groups attached to an aromatic ring is 1. The number of nitrogens with two attached hydrogens (primary N) is 1. The van der Waals surface area contributed by atoms with Gasteiger partial charge >= 0.3 is 6.18 Å². The maximum absolute atomic E-state index is 13.1. The molecule has 0 atom stereocenters. The zero-order chi connectivity index (χ0) is 15.1. The largest absolute Gasteiger partial charge is 0.420 e. The second-order valence-corrected chi connectivity index (χ2v) is 5.06. The van der Waals surface area contributed by atoms with E-state index in [0.717, 1.165) is 0 Å². The highest BCUT2D eigenvalue weighted by molar-refractivity contribution is 6.48. The molecular formula is C12H6Cl3F3N2. The maximum Gasteiger partial charge on any atom is 0.420 e. The van der Waals surface area contributed by atoms with Crippen LogP contribution >= 0.6 is 34.8 Å². The average Bonchev–Trinajstić information content (AvgIpc) is 2.33. The zero-order valence-electron chi connectivity index (χ0n) is 9.60. The van der Waals surface area contributed by atoms with E-state index in [-0.39, 0.29) is 26.2 Å². The molecule has 2 aromatic rings. The van der Waals surface area contributed by atoms with Crippen molar-refractivity contribution in [3.05, 3.63) is 45.0 Å². The van der Waals surface area contributed by atoms with Crippen molar-refractivity contribution >= 4 is 40.6 Å². The van der Waals surface area contributed by atoms with Gasteiger partial charge in [0.05, 0.1) is 15.1 Å². The topological polar surface area (TPSA) is 38.9 Å². The number of pyridine rings is 1. The fourth-order valence-corrected chi connectivity index (χ4v) is 2.32. The van der Waals surface area contributed by atoms with Crippen molar-refractivity contribution < 1.29 is 13.2 Å². The lowest BCUT2D eigenvalue weighted by molar-refractivity contribution is -0.136.